The molecule has 1 fully saturated rings. The Bertz CT molecular complexity index is 577. The van der Waals surface area contributed by atoms with Gasteiger partial charge in [0.05, 0.1) is 5.69 Å². The molecule has 1 atom stereocenters. The van der Waals surface area contributed by atoms with Gasteiger partial charge in [0.2, 0.25) is 0 Å². The van der Waals surface area contributed by atoms with E-state index in [1.54, 1.807) is 6.20 Å². The van der Waals surface area contributed by atoms with Gasteiger partial charge in [-0.3, -0.25) is 4.90 Å². The zero-order valence-corrected chi connectivity index (χ0v) is 14.1. The molecular weight excluding hydrogens is 296 g/mol. The van der Waals surface area contributed by atoms with Gasteiger partial charge in [0, 0.05) is 38.1 Å². The Labute approximate surface area is 138 Å². The summed E-state index contributed by atoms with van der Waals surface area (Å²) in [7, 11) is 0. The molecule has 1 aromatic carbocycles. The third-order valence-corrected chi connectivity index (χ3v) is 4.50. The summed E-state index contributed by atoms with van der Waals surface area (Å²) in [6.07, 6.45) is 4.84. The molecule has 0 saturated carbocycles. The lowest BCUT2D eigenvalue weighted by Crippen LogP contribution is -2.52. The molecule has 0 bridgehead atoms. The first-order valence-electron chi connectivity index (χ1n) is 7.61. The standard InChI is InChI=1S/C17H24N4.ClH/c1-17(2)13-20(11-8-16(17)18)12-14-4-6-15(7-5-14)21-10-3-9-19-21;/h3-7,9-10,16H,8,11-13,18H2,1-2H3;1H. The van der Waals surface area contributed by atoms with Crippen LogP contribution < -0.4 is 5.73 Å². The Morgan fingerprint density at radius 3 is 2.59 bits per heavy atom. The quantitative estimate of drug-likeness (QED) is 0.946. The molecule has 1 aromatic heterocycles. The van der Waals surface area contributed by atoms with Crippen LogP contribution in [0.2, 0.25) is 0 Å². The molecule has 1 saturated heterocycles. The van der Waals surface area contributed by atoms with E-state index in [0.717, 1.165) is 31.7 Å². The minimum absolute atomic E-state index is 0. The molecule has 2 heterocycles. The third-order valence-electron chi connectivity index (χ3n) is 4.50. The summed E-state index contributed by atoms with van der Waals surface area (Å²) in [6, 6.07) is 10.9. The molecule has 0 radical (unpaired) electrons. The summed E-state index contributed by atoms with van der Waals surface area (Å²) in [4.78, 5) is 2.51. The van der Waals surface area contributed by atoms with Crippen LogP contribution in [0.5, 0.6) is 0 Å². The Hall–Kier alpha value is -1.36. The number of hydrogen-bond donors (Lipinski definition) is 1. The van der Waals surface area contributed by atoms with E-state index < -0.39 is 0 Å². The Balaban J connectivity index is 0.00000176. The Kier molecular flexibility index (Phi) is 5.27. The number of rotatable bonds is 3. The van der Waals surface area contributed by atoms with Crippen molar-refractivity contribution in [2.75, 3.05) is 13.1 Å². The second-order valence-corrected chi connectivity index (χ2v) is 6.71. The van der Waals surface area contributed by atoms with Crippen molar-refractivity contribution >= 4 is 12.4 Å². The van der Waals surface area contributed by atoms with Gasteiger partial charge >= 0.3 is 0 Å². The number of nitrogens with zero attached hydrogens (tertiary/aromatic N) is 3. The molecule has 0 spiro atoms. The van der Waals surface area contributed by atoms with Crippen molar-refractivity contribution < 1.29 is 0 Å². The van der Waals surface area contributed by atoms with Gasteiger partial charge in [0.15, 0.2) is 0 Å². The molecule has 5 heteroatoms. The topological polar surface area (TPSA) is 47.1 Å². The van der Waals surface area contributed by atoms with E-state index in [-0.39, 0.29) is 17.8 Å². The monoisotopic (exact) mass is 320 g/mol. The average Bonchev–Trinajstić information content (AvgIpc) is 2.98. The molecule has 1 aliphatic rings. The van der Waals surface area contributed by atoms with Crippen LogP contribution in [-0.4, -0.2) is 33.8 Å². The molecule has 0 aliphatic carbocycles. The van der Waals surface area contributed by atoms with Crippen molar-refractivity contribution in [1.29, 1.82) is 0 Å². The fraction of sp³-hybridized carbons (Fsp3) is 0.471. The average molecular weight is 321 g/mol. The maximum absolute atomic E-state index is 6.21. The molecule has 0 amide bonds. The van der Waals surface area contributed by atoms with Gasteiger partial charge in [-0.2, -0.15) is 5.10 Å². The summed E-state index contributed by atoms with van der Waals surface area (Å²) in [6.45, 7) is 7.69. The van der Waals surface area contributed by atoms with E-state index in [9.17, 15) is 0 Å². The fourth-order valence-corrected chi connectivity index (χ4v) is 3.05. The number of benzene rings is 1. The lowest BCUT2D eigenvalue weighted by atomic mass is 9.79. The number of piperidine rings is 1. The predicted molar refractivity (Wildman–Crippen MR) is 92.5 cm³/mol. The number of hydrogen-bond acceptors (Lipinski definition) is 3. The van der Waals surface area contributed by atoms with Crippen molar-refractivity contribution in [3.8, 4) is 5.69 Å². The summed E-state index contributed by atoms with van der Waals surface area (Å²) in [5, 5.41) is 4.25. The van der Waals surface area contributed by atoms with Gasteiger partial charge in [-0.15, -0.1) is 12.4 Å². The highest BCUT2D eigenvalue weighted by Gasteiger charge is 2.33. The van der Waals surface area contributed by atoms with Crippen molar-refractivity contribution in [3.63, 3.8) is 0 Å². The van der Waals surface area contributed by atoms with E-state index in [2.05, 4.69) is 48.1 Å². The molecule has 2 N–H and O–H groups in total. The van der Waals surface area contributed by atoms with Crippen LogP contribution in [0.25, 0.3) is 5.69 Å². The van der Waals surface area contributed by atoms with Gasteiger partial charge in [0.1, 0.15) is 0 Å². The highest BCUT2D eigenvalue weighted by molar-refractivity contribution is 5.85. The third kappa shape index (κ3) is 3.69. The zero-order valence-electron chi connectivity index (χ0n) is 13.3. The van der Waals surface area contributed by atoms with Gasteiger partial charge in [-0.25, -0.2) is 4.68 Å². The van der Waals surface area contributed by atoms with Crippen molar-refractivity contribution in [1.82, 2.24) is 14.7 Å². The summed E-state index contributed by atoms with van der Waals surface area (Å²) in [5.74, 6) is 0. The number of likely N-dealkylation sites (tertiary alicyclic amines) is 1. The number of halogens is 1. The van der Waals surface area contributed by atoms with Crippen LogP contribution in [-0.2, 0) is 6.54 Å². The van der Waals surface area contributed by atoms with E-state index >= 15 is 0 Å². The van der Waals surface area contributed by atoms with Gasteiger partial charge in [-0.1, -0.05) is 26.0 Å². The zero-order chi connectivity index (χ0) is 14.9. The molecule has 1 aliphatic heterocycles. The van der Waals surface area contributed by atoms with Crippen LogP contribution in [0.4, 0.5) is 0 Å². The van der Waals surface area contributed by atoms with E-state index in [0.29, 0.717) is 6.04 Å². The normalized spacial score (nSPS) is 21.3. The molecule has 3 rings (SSSR count). The van der Waals surface area contributed by atoms with Gasteiger partial charge in [0.25, 0.3) is 0 Å². The van der Waals surface area contributed by atoms with Crippen molar-refractivity contribution in [2.45, 2.75) is 32.9 Å². The maximum Gasteiger partial charge on any atom is 0.0645 e. The maximum atomic E-state index is 6.21. The number of nitrogens with two attached hydrogens (primary N) is 1. The smallest absolute Gasteiger partial charge is 0.0645 e. The largest absolute Gasteiger partial charge is 0.327 e. The Morgan fingerprint density at radius 1 is 1.27 bits per heavy atom. The summed E-state index contributed by atoms with van der Waals surface area (Å²) >= 11 is 0. The van der Waals surface area contributed by atoms with Crippen LogP contribution >= 0.6 is 12.4 Å². The second kappa shape index (κ2) is 6.82. The predicted octanol–water partition coefficient (Wildman–Crippen LogP) is 2.85. The number of aromatic nitrogens is 2. The molecule has 22 heavy (non-hydrogen) atoms. The van der Waals surface area contributed by atoms with E-state index in [1.807, 2.05) is 16.9 Å². The SMILES string of the molecule is CC1(C)CN(Cc2ccc(-n3cccn3)cc2)CCC1N.Cl. The van der Waals surface area contributed by atoms with Crippen LogP contribution in [0, 0.1) is 5.41 Å². The first-order valence-corrected chi connectivity index (χ1v) is 7.61. The minimum Gasteiger partial charge on any atom is -0.327 e. The molecule has 120 valence electrons. The van der Waals surface area contributed by atoms with Crippen LogP contribution in [0.1, 0.15) is 25.8 Å². The first-order chi connectivity index (χ1) is 10.0. The minimum atomic E-state index is 0. The lowest BCUT2D eigenvalue weighted by Gasteiger charge is -2.42. The van der Waals surface area contributed by atoms with Gasteiger partial charge in [-0.05, 0) is 35.6 Å². The summed E-state index contributed by atoms with van der Waals surface area (Å²) < 4.78 is 1.88. The Morgan fingerprint density at radius 2 is 2.00 bits per heavy atom. The van der Waals surface area contributed by atoms with E-state index in [4.69, 9.17) is 5.73 Å². The molecule has 1 unspecified atom stereocenters. The lowest BCUT2D eigenvalue weighted by molar-refractivity contribution is 0.0899. The highest BCUT2D eigenvalue weighted by Crippen LogP contribution is 2.28. The molecule has 2 aromatic rings. The van der Waals surface area contributed by atoms with Crippen molar-refractivity contribution in [2.24, 2.45) is 11.1 Å². The summed E-state index contributed by atoms with van der Waals surface area (Å²) in [5.41, 5.74) is 8.85. The highest BCUT2D eigenvalue weighted by atomic mass is 35.5. The van der Waals surface area contributed by atoms with Gasteiger partial charge < -0.3 is 5.73 Å². The van der Waals surface area contributed by atoms with Crippen molar-refractivity contribution in [3.05, 3.63) is 48.3 Å². The fourth-order valence-electron chi connectivity index (χ4n) is 3.05. The van der Waals surface area contributed by atoms with Crippen LogP contribution in [0.15, 0.2) is 42.7 Å². The van der Waals surface area contributed by atoms with E-state index in [1.165, 1.54) is 5.56 Å². The molecule has 4 nitrogen and oxygen atoms in total. The van der Waals surface area contributed by atoms with Crippen LogP contribution in [0.3, 0.4) is 0 Å². The first kappa shape index (κ1) is 17.0. The molecular formula is C17H25ClN4. The second-order valence-electron chi connectivity index (χ2n) is 6.71.